The molecule has 1 heterocycles. The molecule has 1 aliphatic heterocycles. The van der Waals surface area contributed by atoms with Gasteiger partial charge in [0.25, 0.3) is 11.8 Å². The molecule has 0 radical (unpaired) electrons. The van der Waals surface area contributed by atoms with Gasteiger partial charge in [0.1, 0.15) is 11.4 Å². The summed E-state index contributed by atoms with van der Waals surface area (Å²) in [6.07, 6.45) is 3.51. The van der Waals surface area contributed by atoms with E-state index in [1.165, 1.54) is 32.4 Å². The Kier molecular flexibility index (Phi) is 5.96. The number of urea groups is 1. The molecule has 0 aromatic heterocycles. The number of methoxy groups -OCH3 is 2. The number of halogens is 1. The lowest BCUT2D eigenvalue weighted by Gasteiger charge is -2.26. The number of nitrogens with zero attached hydrogens (tertiary/aromatic N) is 1. The van der Waals surface area contributed by atoms with Crippen molar-refractivity contribution in [2.45, 2.75) is 6.42 Å². The van der Waals surface area contributed by atoms with Crippen molar-refractivity contribution in [1.82, 2.24) is 5.32 Å². The molecule has 0 unspecified atom stereocenters. The summed E-state index contributed by atoms with van der Waals surface area (Å²) in [5.41, 5.74) is 1.12. The maximum Gasteiger partial charge on any atom is 0.335 e. The summed E-state index contributed by atoms with van der Waals surface area (Å²) >= 11 is 0. The maximum absolute atomic E-state index is 13.2. The summed E-state index contributed by atoms with van der Waals surface area (Å²) < 4.78 is 23.9. The van der Waals surface area contributed by atoms with Crippen molar-refractivity contribution in [1.29, 1.82) is 0 Å². The Bertz CT molecular complexity index is 1060. The summed E-state index contributed by atoms with van der Waals surface area (Å²) in [4.78, 5) is 38.3. The number of barbiturate groups is 1. The van der Waals surface area contributed by atoms with Gasteiger partial charge in [-0.1, -0.05) is 6.08 Å². The highest BCUT2D eigenvalue weighted by Crippen LogP contribution is 2.34. The Labute approximate surface area is 172 Å². The minimum absolute atomic E-state index is 0.136. The Morgan fingerprint density at radius 1 is 1.10 bits per heavy atom. The molecule has 7 nitrogen and oxygen atoms in total. The SMILES string of the molecule is C=CCc1cc(/C=C2\C(=O)NC(=O)N(c3ccc(F)cc3)C2=O)cc(OC)c1OC. The smallest absolute Gasteiger partial charge is 0.335 e. The van der Waals surface area contributed by atoms with E-state index >= 15 is 0 Å². The van der Waals surface area contributed by atoms with E-state index in [-0.39, 0.29) is 11.3 Å². The first kappa shape index (κ1) is 20.8. The predicted molar refractivity (Wildman–Crippen MR) is 109 cm³/mol. The number of imide groups is 2. The van der Waals surface area contributed by atoms with Crippen molar-refractivity contribution in [2.24, 2.45) is 0 Å². The van der Waals surface area contributed by atoms with Crippen LogP contribution in [0, 0.1) is 5.82 Å². The molecular formula is C22H19FN2O5. The number of hydrogen-bond donors (Lipinski definition) is 1. The van der Waals surface area contributed by atoms with Crippen LogP contribution in [0.5, 0.6) is 11.5 Å². The molecule has 0 bridgehead atoms. The summed E-state index contributed by atoms with van der Waals surface area (Å²) in [6, 6.07) is 7.22. The minimum atomic E-state index is -0.909. The number of anilines is 1. The average molecular weight is 410 g/mol. The zero-order valence-corrected chi connectivity index (χ0v) is 16.4. The highest BCUT2D eigenvalue weighted by Gasteiger charge is 2.36. The number of allylic oxidation sites excluding steroid dienone is 1. The average Bonchev–Trinajstić information content (AvgIpc) is 2.72. The van der Waals surface area contributed by atoms with Crippen LogP contribution in [-0.2, 0) is 16.0 Å². The summed E-state index contributed by atoms with van der Waals surface area (Å²) in [7, 11) is 2.98. The quantitative estimate of drug-likeness (QED) is 0.449. The minimum Gasteiger partial charge on any atom is -0.493 e. The third-order valence-electron chi connectivity index (χ3n) is 4.44. The molecule has 154 valence electrons. The van der Waals surface area contributed by atoms with Crippen LogP contribution in [0.25, 0.3) is 6.08 Å². The number of rotatable bonds is 6. The van der Waals surface area contributed by atoms with Crippen LogP contribution >= 0.6 is 0 Å². The van der Waals surface area contributed by atoms with E-state index in [0.717, 1.165) is 22.6 Å². The van der Waals surface area contributed by atoms with E-state index in [1.807, 2.05) is 0 Å². The molecule has 3 rings (SSSR count). The molecule has 30 heavy (non-hydrogen) atoms. The molecule has 0 aliphatic carbocycles. The number of benzene rings is 2. The maximum atomic E-state index is 13.2. The second-order valence-electron chi connectivity index (χ2n) is 6.34. The standard InChI is InChI=1S/C22H19FN2O5/c1-4-5-14-10-13(12-18(29-2)19(14)30-3)11-17-20(26)24-22(28)25(21(17)27)16-8-6-15(23)7-9-16/h4,6-12H,1,5H2,2-3H3,(H,24,26,28)/b17-11+. The fourth-order valence-electron chi connectivity index (χ4n) is 3.11. The lowest BCUT2D eigenvalue weighted by molar-refractivity contribution is -0.122. The van der Waals surface area contributed by atoms with Gasteiger partial charge in [0.15, 0.2) is 11.5 Å². The van der Waals surface area contributed by atoms with Gasteiger partial charge < -0.3 is 9.47 Å². The molecule has 0 spiro atoms. The van der Waals surface area contributed by atoms with Crippen LogP contribution in [0.4, 0.5) is 14.9 Å². The van der Waals surface area contributed by atoms with Crippen molar-refractivity contribution < 1.29 is 28.2 Å². The molecule has 0 atom stereocenters. The summed E-state index contributed by atoms with van der Waals surface area (Å²) in [5, 5.41) is 2.13. The van der Waals surface area contributed by atoms with E-state index in [2.05, 4.69) is 11.9 Å². The number of amides is 4. The molecule has 2 aromatic rings. The third kappa shape index (κ3) is 3.93. The van der Waals surface area contributed by atoms with Gasteiger partial charge in [0, 0.05) is 5.56 Å². The molecular weight excluding hydrogens is 391 g/mol. The highest BCUT2D eigenvalue weighted by molar-refractivity contribution is 6.39. The van der Waals surface area contributed by atoms with E-state index in [4.69, 9.17) is 9.47 Å². The predicted octanol–water partition coefficient (Wildman–Crippen LogP) is 3.24. The van der Waals surface area contributed by atoms with Crippen molar-refractivity contribution in [3.63, 3.8) is 0 Å². The van der Waals surface area contributed by atoms with E-state index < -0.39 is 23.7 Å². The lowest BCUT2D eigenvalue weighted by atomic mass is 10.0. The fraction of sp³-hybridized carbons (Fsp3) is 0.136. The Morgan fingerprint density at radius 3 is 2.40 bits per heavy atom. The van der Waals surface area contributed by atoms with Gasteiger partial charge in [0.05, 0.1) is 19.9 Å². The summed E-state index contributed by atoms with van der Waals surface area (Å²) in [5.74, 6) is -1.24. The van der Waals surface area contributed by atoms with Gasteiger partial charge >= 0.3 is 6.03 Å². The highest BCUT2D eigenvalue weighted by atomic mass is 19.1. The molecule has 1 aliphatic rings. The van der Waals surface area contributed by atoms with Crippen LogP contribution < -0.4 is 19.7 Å². The topological polar surface area (TPSA) is 84.9 Å². The number of ether oxygens (including phenoxy) is 2. The van der Waals surface area contributed by atoms with Crippen LogP contribution in [0.15, 0.2) is 54.6 Å². The van der Waals surface area contributed by atoms with Crippen molar-refractivity contribution in [2.75, 3.05) is 19.1 Å². The second-order valence-corrected chi connectivity index (χ2v) is 6.34. The first-order chi connectivity index (χ1) is 14.4. The number of nitrogens with one attached hydrogen (secondary N) is 1. The van der Waals surface area contributed by atoms with Gasteiger partial charge in [-0.25, -0.2) is 14.1 Å². The zero-order chi connectivity index (χ0) is 21.8. The molecule has 1 N–H and O–H groups in total. The molecule has 2 aromatic carbocycles. The van der Waals surface area contributed by atoms with E-state index in [0.29, 0.717) is 23.5 Å². The molecule has 4 amide bonds. The van der Waals surface area contributed by atoms with E-state index in [9.17, 15) is 18.8 Å². The Morgan fingerprint density at radius 2 is 1.80 bits per heavy atom. The zero-order valence-electron chi connectivity index (χ0n) is 16.4. The van der Waals surface area contributed by atoms with E-state index in [1.54, 1.807) is 18.2 Å². The van der Waals surface area contributed by atoms with Gasteiger partial charge in [0.2, 0.25) is 0 Å². The van der Waals surface area contributed by atoms with Gasteiger partial charge in [-0.2, -0.15) is 0 Å². The first-order valence-corrected chi connectivity index (χ1v) is 8.92. The van der Waals surface area contributed by atoms with Crippen molar-refractivity contribution in [3.05, 3.63) is 71.6 Å². The number of hydrogen-bond acceptors (Lipinski definition) is 5. The van der Waals surface area contributed by atoms with Crippen LogP contribution in [-0.4, -0.2) is 32.1 Å². The summed E-state index contributed by atoms with van der Waals surface area (Å²) in [6.45, 7) is 3.71. The van der Waals surface area contributed by atoms with Crippen LogP contribution in [0.1, 0.15) is 11.1 Å². The molecule has 8 heteroatoms. The normalized spacial score (nSPS) is 15.2. The largest absolute Gasteiger partial charge is 0.493 e. The molecule has 1 saturated heterocycles. The Balaban J connectivity index is 2.07. The molecule has 0 saturated carbocycles. The lowest BCUT2D eigenvalue weighted by Crippen LogP contribution is -2.54. The van der Waals surface area contributed by atoms with Crippen molar-refractivity contribution in [3.8, 4) is 11.5 Å². The second kappa shape index (κ2) is 8.60. The fourth-order valence-corrected chi connectivity index (χ4v) is 3.11. The molecule has 1 fully saturated rings. The van der Waals surface area contributed by atoms with Crippen molar-refractivity contribution >= 4 is 29.6 Å². The van der Waals surface area contributed by atoms with Crippen LogP contribution in [0.2, 0.25) is 0 Å². The third-order valence-corrected chi connectivity index (χ3v) is 4.44. The monoisotopic (exact) mass is 410 g/mol. The van der Waals surface area contributed by atoms with Gasteiger partial charge in [-0.05, 0) is 54.5 Å². The van der Waals surface area contributed by atoms with Gasteiger partial charge in [-0.3, -0.25) is 14.9 Å². The Hall–Kier alpha value is -3.94. The number of carbonyl (C=O) groups is 3. The first-order valence-electron chi connectivity index (χ1n) is 8.92. The van der Waals surface area contributed by atoms with Crippen LogP contribution in [0.3, 0.4) is 0 Å². The van der Waals surface area contributed by atoms with Gasteiger partial charge in [-0.15, -0.1) is 6.58 Å². The number of carbonyl (C=O) groups excluding carboxylic acids is 3.